The maximum atomic E-state index is 9.39. The Hall–Kier alpha value is -2.33. The van der Waals surface area contributed by atoms with E-state index in [-0.39, 0.29) is 6.61 Å². The van der Waals surface area contributed by atoms with Gasteiger partial charge in [0, 0.05) is 17.8 Å². The highest BCUT2D eigenvalue weighted by atomic mass is 16.3. The molecule has 1 aromatic heterocycles. The molecule has 3 rings (SSSR count). The Morgan fingerprint density at radius 1 is 1.14 bits per heavy atom. The van der Waals surface area contributed by atoms with Crippen molar-refractivity contribution in [1.29, 1.82) is 0 Å². The van der Waals surface area contributed by atoms with Crippen molar-refractivity contribution in [2.45, 2.75) is 26.3 Å². The molecular formula is C18H21N3O. The fourth-order valence-corrected chi connectivity index (χ4v) is 2.68. The number of imidazole rings is 1. The third kappa shape index (κ3) is 2.57. The first-order valence-electron chi connectivity index (χ1n) is 7.57. The van der Waals surface area contributed by atoms with E-state index >= 15 is 0 Å². The Balaban J connectivity index is 2.19. The molecule has 0 unspecified atom stereocenters. The number of rotatable bonds is 4. The molecule has 3 aromatic rings. The first-order chi connectivity index (χ1) is 10.6. The molecule has 0 amide bonds. The SMILES string of the molecule is CC(C)c1ccc2c(c1)nc(-c1ccc(N)cc1)n2CCO. The first kappa shape index (κ1) is 14.6. The van der Waals surface area contributed by atoms with E-state index in [1.165, 1.54) is 5.56 Å². The molecule has 0 saturated carbocycles. The molecule has 4 heteroatoms. The normalized spacial score (nSPS) is 11.5. The van der Waals surface area contributed by atoms with E-state index in [4.69, 9.17) is 10.7 Å². The van der Waals surface area contributed by atoms with Crippen molar-refractivity contribution >= 4 is 16.7 Å². The number of hydrogen-bond donors (Lipinski definition) is 2. The van der Waals surface area contributed by atoms with Crippen LogP contribution >= 0.6 is 0 Å². The lowest BCUT2D eigenvalue weighted by atomic mass is 10.0. The van der Waals surface area contributed by atoms with Crippen LogP contribution in [0.3, 0.4) is 0 Å². The number of hydrogen-bond acceptors (Lipinski definition) is 3. The molecule has 0 aliphatic heterocycles. The molecule has 0 bridgehead atoms. The van der Waals surface area contributed by atoms with Crippen LogP contribution < -0.4 is 5.73 Å². The number of aliphatic hydroxyl groups is 1. The maximum absolute atomic E-state index is 9.39. The van der Waals surface area contributed by atoms with E-state index in [2.05, 4.69) is 36.6 Å². The zero-order chi connectivity index (χ0) is 15.7. The van der Waals surface area contributed by atoms with Crippen LogP contribution in [-0.4, -0.2) is 21.3 Å². The summed E-state index contributed by atoms with van der Waals surface area (Å²) in [5, 5.41) is 9.39. The minimum absolute atomic E-state index is 0.0827. The number of fused-ring (bicyclic) bond motifs is 1. The summed E-state index contributed by atoms with van der Waals surface area (Å²) in [5.41, 5.74) is 10.8. The summed E-state index contributed by atoms with van der Waals surface area (Å²) in [5.74, 6) is 1.33. The topological polar surface area (TPSA) is 64.1 Å². The number of nitrogens with two attached hydrogens (primary N) is 1. The predicted octanol–water partition coefficient (Wildman–Crippen LogP) is 3.40. The number of anilines is 1. The molecule has 22 heavy (non-hydrogen) atoms. The Morgan fingerprint density at radius 2 is 1.86 bits per heavy atom. The van der Waals surface area contributed by atoms with Crippen LogP contribution in [0.4, 0.5) is 5.69 Å². The zero-order valence-corrected chi connectivity index (χ0v) is 13.0. The summed E-state index contributed by atoms with van der Waals surface area (Å²) >= 11 is 0. The van der Waals surface area contributed by atoms with Gasteiger partial charge in [0.2, 0.25) is 0 Å². The number of aromatic nitrogens is 2. The minimum atomic E-state index is 0.0827. The van der Waals surface area contributed by atoms with E-state index < -0.39 is 0 Å². The Morgan fingerprint density at radius 3 is 2.50 bits per heavy atom. The van der Waals surface area contributed by atoms with Gasteiger partial charge in [-0.2, -0.15) is 0 Å². The molecule has 1 heterocycles. The van der Waals surface area contributed by atoms with Gasteiger partial charge in [-0.25, -0.2) is 4.98 Å². The van der Waals surface area contributed by atoms with Crippen LogP contribution in [0.15, 0.2) is 42.5 Å². The highest BCUT2D eigenvalue weighted by Gasteiger charge is 2.13. The average molecular weight is 295 g/mol. The van der Waals surface area contributed by atoms with Crippen molar-refractivity contribution in [3.05, 3.63) is 48.0 Å². The quantitative estimate of drug-likeness (QED) is 0.725. The maximum Gasteiger partial charge on any atom is 0.141 e. The Kier molecular flexibility index (Phi) is 3.86. The molecule has 0 saturated heterocycles. The molecule has 2 aromatic carbocycles. The monoisotopic (exact) mass is 295 g/mol. The largest absolute Gasteiger partial charge is 0.399 e. The van der Waals surface area contributed by atoms with Gasteiger partial charge in [0.15, 0.2) is 0 Å². The van der Waals surface area contributed by atoms with Crippen LogP contribution in [0.5, 0.6) is 0 Å². The molecular weight excluding hydrogens is 274 g/mol. The van der Waals surface area contributed by atoms with Gasteiger partial charge in [-0.3, -0.25) is 0 Å². The van der Waals surface area contributed by atoms with Crippen molar-refractivity contribution in [1.82, 2.24) is 9.55 Å². The van der Waals surface area contributed by atoms with Gasteiger partial charge >= 0.3 is 0 Å². The zero-order valence-electron chi connectivity index (χ0n) is 13.0. The smallest absolute Gasteiger partial charge is 0.141 e. The molecule has 3 N–H and O–H groups in total. The summed E-state index contributed by atoms with van der Waals surface area (Å²) in [4.78, 5) is 4.79. The molecule has 0 fully saturated rings. The second kappa shape index (κ2) is 5.81. The average Bonchev–Trinajstić information content (AvgIpc) is 2.86. The molecule has 0 aliphatic rings. The number of benzene rings is 2. The number of aliphatic hydroxyl groups excluding tert-OH is 1. The van der Waals surface area contributed by atoms with E-state index in [1.807, 2.05) is 24.3 Å². The van der Waals surface area contributed by atoms with E-state index in [1.54, 1.807) is 0 Å². The van der Waals surface area contributed by atoms with Crippen LogP contribution in [0.25, 0.3) is 22.4 Å². The predicted molar refractivity (Wildman–Crippen MR) is 90.8 cm³/mol. The fraction of sp³-hybridized carbons (Fsp3) is 0.278. The van der Waals surface area contributed by atoms with Crippen molar-refractivity contribution < 1.29 is 5.11 Å². The lowest BCUT2D eigenvalue weighted by Gasteiger charge is -2.08. The molecule has 0 atom stereocenters. The highest BCUT2D eigenvalue weighted by Crippen LogP contribution is 2.27. The van der Waals surface area contributed by atoms with Crippen molar-refractivity contribution in [3.8, 4) is 11.4 Å². The Bertz CT molecular complexity index is 788. The van der Waals surface area contributed by atoms with Gasteiger partial charge in [-0.1, -0.05) is 19.9 Å². The molecule has 0 aliphatic carbocycles. The highest BCUT2D eigenvalue weighted by molar-refractivity contribution is 5.81. The summed E-state index contributed by atoms with van der Waals surface area (Å²) in [6.45, 7) is 4.95. The van der Waals surface area contributed by atoms with Crippen molar-refractivity contribution in [2.24, 2.45) is 0 Å². The Labute approximate surface area is 130 Å². The van der Waals surface area contributed by atoms with E-state index in [9.17, 15) is 5.11 Å². The van der Waals surface area contributed by atoms with Gasteiger partial charge in [0.05, 0.1) is 17.6 Å². The fourth-order valence-electron chi connectivity index (χ4n) is 2.68. The molecule has 0 spiro atoms. The lowest BCUT2D eigenvalue weighted by molar-refractivity contribution is 0.278. The standard InChI is InChI=1S/C18H21N3O/c1-12(2)14-5-8-17-16(11-14)20-18(21(17)9-10-22)13-3-6-15(19)7-4-13/h3-8,11-12,22H,9-10,19H2,1-2H3. The van der Waals surface area contributed by atoms with Crippen LogP contribution in [0.1, 0.15) is 25.3 Å². The van der Waals surface area contributed by atoms with Crippen molar-refractivity contribution in [3.63, 3.8) is 0 Å². The lowest BCUT2D eigenvalue weighted by Crippen LogP contribution is -2.04. The third-order valence-electron chi connectivity index (χ3n) is 3.93. The minimum Gasteiger partial charge on any atom is -0.399 e. The second-order valence-corrected chi connectivity index (χ2v) is 5.84. The van der Waals surface area contributed by atoms with E-state index in [0.717, 1.165) is 28.1 Å². The van der Waals surface area contributed by atoms with Crippen molar-refractivity contribution in [2.75, 3.05) is 12.3 Å². The van der Waals surface area contributed by atoms with Gasteiger partial charge < -0.3 is 15.4 Å². The summed E-state index contributed by atoms with van der Waals surface area (Å²) in [6, 6.07) is 14.0. The first-order valence-corrected chi connectivity index (χ1v) is 7.57. The van der Waals surface area contributed by atoms with Crippen LogP contribution in [-0.2, 0) is 6.54 Å². The molecule has 0 radical (unpaired) electrons. The molecule has 114 valence electrons. The van der Waals surface area contributed by atoms with Crippen LogP contribution in [0.2, 0.25) is 0 Å². The van der Waals surface area contributed by atoms with Gasteiger partial charge in [-0.15, -0.1) is 0 Å². The van der Waals surface area contributed by atoms with E-state index in [0.29, 0.717) is 12.5 Å². The second-order valence-electron chi connectivity index (χ2n) is 5.84. The van der Waals surface area contributed by atoms with Crippen LogP contribution in [0, 0.1) is 0 Å². The summed E-state index contributed by atoms with van der Waals surface area (Å²) in [6.07, 6.45) is 0. The molecule has 4 nitrogen and oxygen atoms in total. The third-order valence-corrected chi connectivity index (χ3v) is 3.93. The van der Waals surface area contributed by atoms with Gasteiger partial charge in [-0.05, 0) is 47.9 Å². The number of nitrogens with zero attached hydrogens (tertiary/aromatic N) is 2. The van der Waals surface area contributed by atoms with Gasteiger partial charge in [0.1, 0.15) is 5.82 Å². The number of nitrogen functional groups attached to an aromatic ring is 1. The summed E-state index contributed by atoms with van der Waals surface area (Å²) < 4.78 is 2.06. The van der Waals surface area contributed by atoms with Gasteiger partial charge in [0.25, 0.3) is 0 Å². The summed E-state index contributed by atoms with van der Waals surface area (Å²) in [7, 11) is 0.